The highest BCUT2D eigenvalue weighted by Gasteiger charge is 2.50. The van der Waals surface area contributed by atoms with Crippen LogP contribution in [0.4, 0.5) is 5.82 Å². The SMILES string of the molecule is O=C(O)[C@H](CCO)N(OC(=O)C1(c2ccccc2)CCC1)C1CC(CCc2ccc3c(n2)NCCC3)C1. The van der Waals surface area contributed by atoms with Crippen molar-refractivity contribution in [3.63, 3.8) is 0 Å². The lowest BCUT2D eigenvalue weighted by Gasteiger charge is -2.46. The van der Waals surface area contributed by atoms with Gasteiger partial charge in [0, 0.05) is 24.9 Å². The molecular weight excluding hydrogens is 470 g/mol. The van der Waals surface area contributed by atoms with Gasteiger partial charge in [-0.3, -0.25) is 4.79 Å². The Bertz CT molecular complexity index is 1100. The number of hydroxylamine groups is 2. The minimum absolute atomic E-state index is 0.00810. The fourth-order valence-corrected chi connectivity index (χ4v) is 5.96. The van der Waals surface area contributed by atoms with E-state index in [2.05, 4.69) is 17.4 Å². The third-order valence-corrected chi connectivity index (χ3v) is 8.44. The number of carbonyl (C=O) groups is 2. The molecule has 198 valence electrons. The third kappa shape index (κ3) is 5.36. The summed E-state index contributed by atoms with van der Waals surface area (Å²) in [4.78, 5) is 36.4. The van der Waals surface area contributed by atoms with Crippen molar-refractivity contribution in [2.24, 2.45) is 5.92 Å². The van der Waals surface area contributed by atoms with Crippen LogP contribution in [0.15, 0.2) is 42.5 Å². The van der Waals surface area contributed by atoms with Crippen molar-refractivity contribution < 1.29 is 24.6 Å². The van der Waals surface area contributed by atoms with Crippen molar-refractivity contribution in [2.45, 2.75) is 81.7 Å². The Labute approximate surface area is 218 Å². The second-order valence-electron chi connectivity index (χ2n) is 10.8. The smallest absolute Gasteiger partial charge is 0.335 e. The molecule has 2 aromatic rings. The van der Waals surface area contributed by atoms with Gasteiger partial charge in [-0.1, -0.05) is 42.8 Å². The van der Waals surface area contributed by atoms with E-state index in [0.717, 1.165) is 68.6 Å². The average Bonchev–Trinajstić information content (AvgIpc) is 2.85. The summed E-state index contributed by atoms with van der Waals surface area (Å²) in [6.45, 7) is 0.676. The number of benzene rings is 1. The van der Waals surface area contributed by atoms with Gasteiger partial charge in [-0.25, -0.2) is 9.78 Å². The number of hydrogen-bond acceptors (Lipinski definition) is 7. The first kappa shape index (κ1) is 25.7. The van der Waals surface area contributed by atoms with Crippen molar-refractivity contribution >= 4 is 17.8 Å². The predicted molar refractivity (Wildman–Crippen MR) is 139 cm³/mol. The number of carboxylic acids is 1. The lowest BCUT2D eigenvalue weighted by atomic mass is 9.64. The van der Waals surface area contributed by atoms with E-state index in [-0.39, 0.29) is 25.0 Å². The Kier molecular flexibility index (Phi) is 7.76. The standard InChI is InChI=1S/C29H37N3O5/c33-17-13-25(27(34)35)32(37-28(36)29(14-5-15-29)22-7-2-1-3-8-22)24-18-20(19-24)9-11-23-12-10-21-6-4-16-30-26(21)31-23/h1-3,7-8,10,12,20,24-25,33H,4-6,9,11,13-19H2,(H,30,31)(H,34,35)/t20?,24?,25-/m0/s1. The summed E-state index contributed by atoms with van der Waals surface area (Å²) in [5, 5.41) is 24.2. The number of fused-ring (bicyclic) bond motifs is 1. The summed E-state index contributed by atoms with van der Waals surface area (Å²) in [5.74, 6) is -0.0564. The molecule has 5 rings (SSSR count). The van der Waals surface area contributed by atoms with Crippen molar-refractivity contribution in [1.82, 2.24) is 10.0 Å². The largest absolute Gasteiger partial charge is 0.480 e. The maximum atomic E-state index is 13.5. The summed E-state index contributed by atoms with van der Waals surface area (Å²) in [7, 11) is 0. The number of aliphatic hydroxyl groups is 1. The highest BCUT2D eigenvalue weighted by molar-refractivity contribution is 5.84. The van der Waals surface area contributed by atoms with Crippen LogP contribution in [0.5, 0.6) is 0 Å². The first-order valence-corrected chi connectivity index (χ1v) is 13.6. The summed E-state index contributed by atoms with van der Waals surface area (Å²) in [6.07, 6.45) is 7.85. The second-order valence-corrected chi connectivity index (χ2v) is 10.8. The molecule has 2 saturated carbocycles. The van der Waals surface area contributed by atoms with Gasteiger partial charge >= 0.3 is 11.9 Å². The number of anilines is 1. The molecule has 0 spiro atoms. The molecule has 8 nitrogen and oxygen atoms in total. The summed E-state index contributed by atoms with van der Waals surface area (Å²) in [6, 6.07) is 12.7. The van der Waals surface area contributed by atoms with Crippen molar-refractivity contribution in [3.05, 3.63) is 59.3 Å². The number of carbonyl (C=O) groups excluding carboxylic acids is 1. The molecular formula is C29H37N3O5. The van der Waals surface area contributed by atoms with Gasteiger partial charge < -0.3 is 20.4 Å². The van der Waals surface area contributed by atoms with Crippen LogP contribution in [0.1, 0.15) is 68.2 Å². The van der Waals surface area contributed by atoms with Crippen molar-refractivity contribution in [3.8, 4) is 0 Å². The van der Waals surface area contributed by atoms with Crippen LogP contribution in [0.3, 0.4) is 0 Å². The molecule has 0 unspecified atom stereocenters. The normalized spacial score (nSPS) is 22.6. The number of aliphatic carboxylic acids is 1. The van der Waals surface area contributed by atoms with E-state index < -0.39 is 17.4 Å². The molecule has 1 aromatic heterocycles. The first-order chi connectivity index (χ1) is 18.0. The Balaban J connectivity index is 1.23. The van der Waals surface area contributed by atoms with E-state index in [0.29, 0.717) is 18.8 Å². The Hall–Kier alpha value is -2.97. The van der Waals surface area contributed by atoms with Crippen LogP contribution < -0.4 is 5.32 Å². The molecule has 3 aliphatic rings. The van der Waals surface area contributed by atoms with Crippen molar-refractivity contribution in [1.29, 1.82) is 0 Å². The number of nitrogens with zero attached hydrogens (tertiary/aromatic N) is 2. The average molecular weight is 508 g/mol. The minimum Gasteiger partial charge on any atom is -0.480 e. The summed E-state index contributed by atoms with van der Waals surface area (Å²) < 4.78 is 0. The number of hydrogen-bond donors (Lipinski definition) is 3. The highest BCUT2D eigenvalue weighted by Crippen LogP contribution is 2.46. The topological polar surface area (TPSA) is 112 Å². The van der Waals surface area contributed by atoms with Gasteiger partial charge in [-0.05, 0) is 80.9 Å². The zero-order valence-electron chi connectivity index (χ0n) is 21.3. The third-order valence-electron chi connectivity index (χ3n) is 8.44. The summed E-state index contributed by atoms with van der Waals surface area (Å²) in [5.41, 5.74) is 2.54. The quantitative estimate of drug-likeness (QED) is 0.393. The van der Waals surface area contributed by atoms with Gasteiger partial charge in [-0.15, -0.1) is 5.06 Å². The molecule has 1 atom stereocenters. The van der Waals surface area contributed by atoms with Gasteiger partial charge in [0.15, 0.2) is 0 Å². The number of pyridine rings is 1. The van der Waals surface area contributed by atoms with Crippen molar-refractivity contribution in [2.75, 3.05) is 18.5 Å². The van der Waals surface area contributed by atoms with Gasteiger partial charge in [0.25, 0.3) is 0 Å². The molecule has 0 radical (unpaired) electrons. The molecule has 1 aromatic carbocycles. The summed E-state index contributed by atoms with van der Waals surface area (Å²) >= 11 is 0. The molecule has 2 aliphatic carbocycles. The molecule has 2 heterocycles. The highest BCUT2D eigenvalue weighted by atomic mass is 16.7. The molecule has 0 bridgehead atoms. The Morgan fingerprint density at radius 1 is 1.14 bits per heavy atom. The van der Waals surface area contributed by atoms with Crippen LogP contribution in [0, 0.1) is 5.92 Å². The molecule has 2 fully saturated rings. The maximum absolute atomic E-state index is 13.5. The van der Waals surface area contributed by atoms with Crippen LogP contribution in [-0.4, -0.2) is 57.4 Å². The lowest BCUT2D eigenvalue weighted by Crippen LogP contribution is -2.56. The Morgan fingerprint density at radius 2 is 1.92 bits per heavy atom. The van der Waals surface area contributed by atoms with E-state index in [1.165, 1.54) is 10.6 Å². The molecule has 0 saturated heterocycles. The fraction of sp³-hybridized carbons (Fsp3) is 0.552. The van der Waals surface area contributed by atoms with Crippen LogP contribution in [-0.2, 0) is 32.7 Å². The second kappa shape index (κ2) is 11.2. The maximum Gasteiger partial charge on any atom is 0.335 e. The fourth-order valence-electron chi connectivity index (χ4n) is 5.96. The van der Waals surface area contributed by atoms with Crippen LogP contribution in [0.2, 0.25) is 0 Å². The van der Waals surface area contributed by atoms with E-state index >= 15 is 0 Å². The van der Waals surface area contributed by atoms with E-state index in [4.69, 9.17) is 9.82 Å². The monoisotopic (exact) mass is 507 g/mol. The number of aryl methyl sites for hydroxylation is 2. The van der Waals surface area contributed by atoms with Gasteiger partial charge in [0.2, 0.25) is 0 Å². The molecule has 1 aliphatic heterocycles. The number of carboxylic acid groups (broad SMARTS) is 1. The molecule has 0 amide bonds. The van der Waals surface area contributed by atoms with Gasteiger partial charge in [-0.2, -0.15) is 0 Å². The zero-order valence-corrected chi connectivity index (χ0v) is 21.3. The molecule has 8 heteroatoms. The molecule has 37 heavy (non-hydrogen) atoms. The first-order valence-electron chi connectivity index (χ1n) is 13.6. The van der Waals surface area contributed by atoms with Gasteiger partial charge in [0.1, 0.15) is 11.9 Å². The van der Waals surface area contributed by atoms with Crippen LogP contribution >= 0.6 is 0 Å². The van der Waals surface area contributed by atoms with E-state index in [1.54, 1.807) is 0 Å². The lowest BCUT2D eigenvalue weighted by molar-refractivity contribution is -0.241. The molecule has 3 N–H and O–H groups in total. The zero-order chi connectivity index (χ0) is 25.8. The predicted octanol–water partition coefficient (Wildman–Crippen LogP) is 3.87. The number of aliphatic hydroxyl groups excluding tert-OH is 1. The number of aromatic nitrogens is 1. The minimum atomic E-state index is -1.08. The number of nitrogens with one attached hydrogen (secondary N) is 1. The number of rotatable bonds is 11. The van der Waals surface area contributed by atoms with E-state index in [9.17, 15) is 19.8 Å². The van der Waals surface area contributed by atoms with Gasteiger partial charge in [0.05, 0.1) is 5.41 Å². The Morgan fingerprint density at radius 3 is 2.59 bits per heavy atom. The van der Waals surface area contributed by atoms with E-state index in [1.807, 2.05) is 30.3 Å². The van der Waals surface area contributed by atoms with Crippen LogP contribution in [0.25, 0.3) is 0 Å².